The van der Waals surface area contributed by atoms with Crippen LogP contribution in [0.25, 0.3) is 11.1 Å². The summed E-state index contributed by atoms with van der Waals surface area (Å²) in [5.41, 5.74) is 6.80. The van der Waals surface area contributed by atoms with Gasteiger partial charge in [0, 0.05) is 18.0 Å². The van der Waals surface area contributed by atoms with E-state index >= 15 is 0 Å². The Bertz CT molecular complexity index is 1100. The quantitative estimate of drug-likeness (QED) is 0.596. The van der Waals surface area contributed by atoms with Gasteiger partial charge in [0.2, 0.25) is 5.91 Å². The van der Waals surface area contributed by atoms with Crippen LogP contribution >= 0.6 is 0 Å². The van der Waals surface area contributed by atoms with Crippen LogP contribution in [0.4, 0.5) is 0 Å². The molecule has 0 aliphatic rings. The van der Waals surface area contributed by atoms with E-state index in [4.69, 9.17) is 0 Å². The number of hydrogen-bond donors (Lipinski definition) is 1. The molecule has 5 nitrogen and oxygen atoms in total. The Kier molecular flexibility index (Phi) is 7.18. The average molecular weight is 412 g/mol. The molecule has 31 heavy (non-hydrogen) atoms. The number of hydrazine groups is 1. The van der Waals surface area contributed by atoms with Crippen molar-refractivity contribution in [3.05, 3.63) is 95.6 Å². The second-order valence-corrected chi connectivity index (χ2v) is 7.51. The molecule has 0 saturated carbocycles. The van der Waals surface area contributed by atoms with Crippen LogP contribution in [0.3, 0.4) is 0 Å². The minimum atomic E-state index is -0.309. The van der Waals surface area contributed by atoms with Crippen LogP contribution in [0, 0.1) is 11.3 Å². The maximum absolute atomic E-state index is 12.9. The third-order valence-electron chi connectivity index (χ3n) is 4.97. The Morgan fingerprint density at radius 3 is 2.39 bits per heavy atom. The summed E-state index contributed by atoms with van der Waals surface area (Å²) in [5.74, 6) is -0.462. The van der Waals surface area contributed by atoms with Crippen molar-refractivity contribution in [1.29, 1.82) is 5.26 Å². The highest BCUT2D eigenvalue weighted by Gasteiger charge is 2.20. The van der Waals surface area contributed by atoms with Gasteiger partial charge in [-0.1, -0.05) is 54.6 Å². The van der Waals surface area contributed by atoms with Gasteiger partial charge in [-0.15, -0.1) is 0 Å². The fourth-order valence-corrected chi connectivity index (χ4v) is 3.38. The predicted molar refractivity (Wildman–Crippen MR) is 121 cm³/mol. The van der Waals surface area contributed by atoms with Gasteiger partial charge < -0.3 is 0 Å². The number of nitrogens with zero attached hydrogens (tertiary/aromatic N) is 2. The van der Waals surface area contributed by atoms with Gasteiger partial charge in [0.15, 0.2) is 0 Å². The van der Waals surface area contributed by atoms with Crippen LogP contribution in [-0.4, -0.2) is 22.9 Å². The van der Waals surface area contributed by atoms with Crippen molar-refractivity contribution in [2.24, 2.45) is 0 Å². The molecule has 0 radical (unpaired) electrons. The molecule has 0 aliphatic heterocycles. The lowest BCUT2D eigenvalue weighted by Crippen LogP contribution is -2.50. The number of aryl methyl sites for hydroxylation is 1. The van der Waals surface area contributed by atoms with Crippen LogP contribution in [0.5, 0.6) is 0 Å². The second-order valence-electron chi connectivity index (χ2n) is 7.51. The standard InChI is InChI=1S/C26H25N3O2/c1-19(2)29(28-26(31)22-11-4-3-5-12-22)25(30)16-15-21-10-6-7-14-24(21)23-13-8-9-20(17-23)18-27/h3-14,17,19H,15-16H2,1-2H3,(H,28,31). The molecule has 3 aromatic carbocycles. The first-order valence-corrected chi connectivity index (χ1v) is 10.3. The smallest absolute Gasteiger partial charge is 0.269 e. The van der Waals surface area contributed by atoms with E-state index in [0.717, 1.165) is 16.7 Å². The number of hydrogen-bond acceptors (Lipinski definition) is 3. The minimum Gasteiger partial charge on any atom is -0.273 e. The normalized spacial score (nSPS) is 10.4. The average Bonchev–Trinajstić information content (AvgIpc) is 2.81. The molecule has 0 atom stereocenters. The van der Waals surface area contributed by atoms with Crippen LogP contribution < -0.4 is 5.43 Å². The number of nitrogens with one attached hydrogen (secondary N) is 1. The Hall–Kier alpha value is -3.91. The van der Waals surface area contributed by atoms with E-state index in [2.05, 4.69) is 11.5 Å². The number of carbonyl (C=O) groups excluding carboxylic acids is 2. The predicted octanol–water partition coefficient (Wildman–Crippen LogP) is 4.74. The third kappa shape index (κ3) is 5.58. The first-order valence-electron chi connectivity index (χ1n) is 10.3. The highest BCUT2D eigenvalue weighted by Crippen LogP contribution is 2.25. The maximum Gasteiger partial charge on any atom is 0.269 e. The Morgan fingerprint density at radius 1 is 0.968 bits per heavy atom. The van der Waals surface area contributed by atoms with E-state index in [-0.39, 0.29) is 24.3 Å². The van der Waals surface area contributed by atoms with Gasteiger partial charge in [0.1, 0.15) is 0 Å². The van der Waals surface area contributed by atoms with Gasteiger partial charge in [-0.3, -0.25) is 20.0 Å². The van der Waals surface area contributed by atoms with Crippen LogP contribution in [-0.2, 0) is 11.2 Å². The number of rotatable bonds is 6. The maximum atomic E-state index is 12.9. The molecule has 0 bridgehead atoms. The molecule has 0 aromatic heterocycles. The van der Waals surface area contributed by atoms with Crippen LogP contribution in [0.2, 0.25) is 0 Å². The number of nitriles is 1. The molecule has 0 aliphatic carbocycles. The van der Waals surface area contributed by atoms with E-state index in [1.165, 1.54) is 5.01 Å². The molecule has 156 valence electrons. The minimum absolute atomic E-state index is 0.153. The molecule has 3 rings (SSSR count). The molecule has 3 aromatic rings. The van der Waals surface area contributed by atoms with Gasteiger partial charge in [0.05, 0.1) is 11.6 Å². The van der Waals surface area contributed by atoms with Crippen molar-refractivity contribution in [2.75, 3.05) is 0 Å². The van der Waals surface area contributed by atoms with Crippen molar-refractivity contribution in [1.82, 2.24) is 10.4 Å². The number of amides is 2. The van der Waals surface area contributed by atoms with Gasteiger partial charge in [-0.05, 0) is 61.2 Å². The zero-order valence-corrected chi connectivity index (χ0v) is 17.7. The molecule has 0 unspecified atom stereocenters. The molecule has 5 heteroatoms. The van der Waals surface area contributed by atoms with Crippen molar-refractivity contribution in [3.8, 4) is 17.2 Å². The summed E-state index contributed by atoms with van der Waals surface area (Å²) in [4.78, 5) is 25.4. The van der Waals surface area contributed by atoms with E-state index in [1.807, 2.05) is 62.4 Å². The Morgan fingerprint density at radius 2 is 1.68 bits per heavy atom. The van der Waals surface area contributed by atoms with E-state index in [1.54, 1.807) is 30.3 Å². The van der Waals surface area contributed by atoms with Gasteiger partial charge in [-0.2, -0.15) is 5.26 Å². The Balaban J connectivity index is 1.73. The lowest BCUT2D eigenvalue weighted by Gasteiger charge is -2.27. The second kappa shape index (κ2) is 10.2. The molecule has 0 spiro atoms. The van der Waals surface area contributed by atoms with Crippen molar-refractivity contribution in [3.63, 3.8) is 0 Å². The first kappa shape index (κ1) is 21.8. The van der Waals surface area contributed by atoms with E-state index in [9.17, 15) is 14.9 Å². The van der Waals surface area contributed by atoms with Gasteiger partial charge >= 0.3 is 0 Å². The summed E-state index contributed by atoms with van der Waals surface area (Å²) in [6.45, 7) is 3.73. The highest BCUT2D eigenvalue weighted by molar-refractivity contribution is 5.95. The first-order chi connectivity index (χ1) is 15.0. The van der Waals surface area contributed by atoms with Crippen molar-refractivity contribution >= 4 is 11.8 Å². The zero-order valence-electron chi connectivity index (χ0n) is 17.7. The number of benzene rings is 3. The summed E-state index contributed by atoms with van der Waals surface area (Å²) in [6, 6.07) is 26.1. The summed E-state index contributed by atoms with van der Waals surface area (Å²) in [5, 5.41) is 10.6. The molecular weight excluding hydrogens is 386 g/mol. The van der Waals surface area contributed by atoms with Crippen LogP contribution in [0.15, 0.2) is 78.9 Å². The largest absolute Gasteiger partial charge is 0.273 e. The zero-order chi connectivity index (χ0) is 22.2. The van der Waals surface area contributed by atoms with Crippen LogP contribution in [0.1, 0.15) is 41.8 Å². The van der Waals surface area contributed by atoms with Crippen molar-refractivity contribution < 1.29 is 9.59 Å². The molecular formula is C26H25N3O2. The molecule has 0 fully saturated rings. The topological polar surface area (TPSA) is 73.2 Å². The summed E-state index contributed by atoms with van der Waals surface area (Å²) in [7, 11) is 0. The summed E-state index contributed by atoms with van der Waals surface area (Å²) >= 11 is 0. The molecule has 1 N–H and O–H groups in total. The lowest BCUT2D eigenvalue weighted by atomic mass is 9.95. The third-order valence-corrected chi connectivity index (χ3v) is 4.97. The fraction of sp³-hybridized carbons (Fsp3) is 0.192. The lowest BCUT2D eigenvalue weighted by molar-refractivity contribution is -0.135. The van der Waals surface area contributed by atoms with Gasteiger partial charge in [0.25, 0.3) is 5.91 Å². The molecule has 0 heterocycles. The monoisotopic (exact) mass is 411 g/mol. The summed E-state index contributed by atoms with van der Waals surface area (Å²) in [6.07, 6.45) is 0.776. The fourth-order valence-electron chi connectivity index (χ4n) is 3.38. The van der Waals surface area contributed by atoms with Gasteiger partial charge in [-0.25, -0.2) is 0 Å². The van der Waals surface area contributed by atoms with Crippen molar-refractivity contribution in [2.45, 2.75) is 32.7 Å². The highest BCUT2D eigenvalue weighted by atomic mass is 16.2. The SMILES string of the molecule is CC(C)N(NC(=O)c1ccccc1)C(=O)CCc1ccccc1-c1cccc(C#N)c1. The van der Waals surface area contributed by atoms with E-state index in [0.29, 0.717) is 17.5 Å². The Labute approximate surface area is 182 Å². The molecule has 0 saturated heterocycles. The molecule has 2 amide bonds. The summed E-state index contributed by atoms with van der Waals surface area (Å²) < 4.78 is 0. The number of carbonyl (C=O) groups is 2. The van der Waals surface area contributed by atoms with E-state index < -0.39 is 0 Å².